The highest BCUT2D eigenvalue weighted by molar-refractivity contribution is 5.92. The van der Waals surface area contributed by atoms with Crippen molar-refractivity contribution in [3.63, 3.8) is 0 Å². The van der Waals surface area contributed by atoms with E-state index in [-0.39, 0.29) is 17.3 Å². The molecule has 0 saturated heterocycles. The number of aromatic amines is 1. The molecule has 3 rings (SSSR count). The molecular formula is C15H13N3O3. The average Bonchev–Trinajstić information content (AvgIpc) is 2.82. The third kappa shape index (κ3) is 2.20. The number of hydrogen-bond donors (Lipinski definition) is 2. The third-order valence-electron chi connectivity index (χ3n) is 3.52. The van der Waals surface area contributed by atoms with Gasteiger partial charge in [0.25, 0.3) is 0 Å². The minimum absolute atomic E-state index is 0.147. The molecule has 0 saturated carbocycles. The standard InChI is InChI=1S/C15H13N3O3/c1-9(11-3-2-6-16-8-11)18-13-7-10(14(19)20)4-5-12(13)17-15(18)21/h2-9H,1H3,(H,17,21)(H,19,20). The number of nitrogens with zero attached hydrogens (tertiary/aromatic N) is 2. The Labute approximate surface area is 119 Å². The number of fused-ring (bicyclic) bond motifs is 1. The molecule has 6 nitrogen and oxygen atoms in total. The summed E-state index contributed by atoms with van der Waals surface area (Å²) in [6, 6.07) is 8.01. The summed E-state index contributed by atoms with van der Waals surface area (Å²) in [4.78, 5) is 30.1. The lowest BCUT2D eigenvalue weighted by Crippen LogP contribution is -2.21. The Hall–Kier alpha value is -2.89. The second-order valence-electron chi connectivity index (χ2n) is 4.80. The molecule has 0 radical (unpaired) electrons. The highest BCUT2D eigenvalue weighted by Gasteiger charge is 2.16. The summed E-state index contributed by atoms with van der Waals surface area (Å²) in [5, 5.41) is 9.09. The van der Waals surface area contributed by atoms with E-state index in [1.54, 1.807) is 29.1 Å². The third-order valence-corrected chi connectivity index (χ3v) is 3.52. The van der Waals surface area contributed by atoms with Crippen LogP contribution in [0.15, 0.2) is 47.5 Å². The predicted octanol–water partition coefficient (Wildman–Crippen LogP) is 2.03. The summed E-state index contributed by atoms with van der Waals surface area (Å²) < 4.78 is 1.54. The van der Waals surface area contributed by atoms with Crippen LogP contribution >= 0.6 is 0 Å². The van der Waals surface area contributed by atoms with Crippen LogP contribution in [0.3, 0.4) is 0 Å². The van der Waals surface area contributed by atoms with E-state index in [2.05, 4.69) is 9.97 Å². The smallest absolute Gasteiger partial charge is 0.335 e. The maximum atomic E-state index is 12.2. The van der Waals surface area contributed by atoms with Crippen LogP contribution in [0.1, 0.15) is 28.9 Å². The fourth-order valence-corrected chi connectivity index (χ4v) is 2.41. The van der Waals surface area contributed by atoms with Crippen LogP contribution < -0.4 is 5.69 Å². The van der Waals surface area contributed by atoms with Crippen LogP contribution in [0.4, 0.5) is 0 Å². The fraction of sp³-hybridized carbons (Fsp3) is 0.133. The zero-order chi connectivity index (χ0) is 15.0. The van der Waals surface area contributed by atoms with Gasteiger partial charge in [-0.25, -0.2) is 9.59 Å². The number of carboxylic acids is 1. The highest BCUT2D eigenvalue weighted by atomic mass is 16.4. The van der Waals surface area contributed by atoms with Crippen LogP contribution in [-0.2, 0) is 0 Å². The van der Waals surface area contributed by atoms with E-state index < -0.39 is 5.97 Å². The summed E-state index contributed by atoms with van der Waals surface area (Å²) >= 11 is 0. The van der Waals surface area contributed by atoms with E-state index in [1.165, 1.54) is 12.1 Å². The minimum atomic E-state index is -1.02. The van der Waals surface area contributed by atoms with Gasteiger partial charge in [0.05, 0.1) is 22.6 Å². The Bertz CT molecular complexity index is 865. The van der Waals surface area contributed by atoms with E-state index in [0.29, 0.717) is 11.0 Å². The Morgan fingerprint density at radius 1 is 1.38 bits per heavy atom. The second-order valence-corrected chi connectivity index (χ2v) is 4.80. The largest absolute Gasteiger partial charge is 0.478 e. The van der Waals surface area contributed by atoms with Gasteiger partial charge >= 0.3 is 11.7 Å². The van der Waals surface area contributed by atoms with Gasteiger partial charge in [0.2, 0.25) is 0 Å². The number of imidazole rings is 1. The number of rotatable bonds is 3. The Morgan fingerprint density at radius 3 is 2.86 bits per heavy atom. The number of aromatic carboxylic acids is 1. The van der Waals surface area contributed by atoms with E-state index in [9.17, 15) is 9.59 Å². The maximum Gasteiger partial charge on any atom is 0.335 e. The molecule has 6 heteroatoms. The van der Waals surface area contributed by atoms with Crippen molar-refractivity contribution in [3.8, 4) is 0 Å². The molecule has 0 aliphatic rings. The van der Waals surface area contributed by atoms with Gasteiger partial charge in [-0.05, 0) is 36.8 Å². The molecule has 0 aliphatic heterocycles. The molecule has 0 spiro atoms. The van der Waals surface area contributed by atoms with Crippen molar-refractivity contribution >= 4 is 17.0 Å². The van der Waals surface area contributed by atoms with Gasteiger partial charge in [-0.3, -0.25) is 9.55 Å². The summed E-state index contributed by atoms with van der Waals surface area (Å²) in [6.07, 6.45) is 3.35. The molecule has 0 fully saturated rings. The topological polar surface area (TPSA) is 88.0 Å². The maximum absolute atomic E-state index is 12.2. The van der Waals surface area contributed by atoms with Crippen LogP contribution in [0.2, 0.25) is 0 Å². The Morgan fingerprint density at radius 2 is 2.19 bits per heavy atom. The van der Waals surface area contributed by atoms with Crippen molar-refractivity contribution in [3.05, 3.63) is 64.3 Å². The van der Waals surface area contributed by atoms with Crippen molar-refractivity contribution in [1.82, 2.24) is 14.5 Å². The molecule has 0 aliphatic carbocycles. The molecule has 3 aromatic rings. The summed E-state index contributed by atoms with van der Waals surface area (Å²) in [5.41, 5.74) is 1.93. The normalized spacial score (nSPS) is 12.4. The summed E-state index contributed by atoms with van der Waals surface area (Å²) in [7, 11) is 0. The van der Waals surface area contributed by atoms with E-state index in [0.717, 1.165) is 5.56 Å². The van der Waals surface area contributed by atoms with Crippen molar-refractivity contribution in [2.45, 2.75) is 13.0 Å². The number of benzene rings is 1. The Kier molecular flexibility index (Phi) is 3.06. The molecule has 2 N–H and O–H groups in total. The molecule has 21 heavy (non-hydrogen) atoms. The first-order chi connectivity index (χ1) is 10.1. The first-order valence-corrected chi connectivity index (χ1v) is 6.45. The molecule has 1 unspecified atom stereocenters. The quantitative estimate of drug-likeness (QED) is 0.769. The van der Waals surface area contributed by atoms with Crippen LogP contribution in [0, 0.1) is 0 Å². The zero-order valence-electron chi connectivity index (χ0n) is 11.3. The number of pyridine rings is 1. The van der Waals surface area contributed by atoms with Crippen molar-refractivity contribution < 1.29 is 9.90 Å². The number of aromatic nitrogens is 3. The molecule has 0 bridgehead atoms. The average molecular weight is 283 g/mol. The van der Waals surface area contributed by atoms with Crippen molar-refractivity contribution in [1.29, 1.82) is 0 Å². The van der Waals surface area contributed by atoms with Crippen molar-refractivity contribution in [2.24, 2.45) is 0 Å². The van der Waals surface area contributed by atoms with Gasteiger partial charge in [0.15, 0.2) is 0 Å². The molecule has 2 aromatic heterocycles. The number of H-pyrrole nitrogens is 1. The van der Waals surface area contributed by atoms with Gasteiger partial charge in [0.1, 0.15) is 0 Å². The molecule has 1 atom stereocenters. The number of carboxylic acid groups (broad SMARTS) is 1. The fourth-order valence-electron chi connectivity index (χ4n) is 2.41. The first kappa shape index (κ1) is 13.1. The van der Waals surface area contributed by atoms with Gasteiger partial charge in [-0.15, -0.1) is 0 Å². The van der Waals surface area contributed by atoms with Gasteiger partial charge < -0.3 is 10.1 Å². The van der Waals surface area contributed by atoms with Gasteiger partial charge in [-0.1, -0.05) is 6.07 Å². The van der Waals surface area contributed by atoms with E-state index in [1.807, 2.05) is 13.0 Å². The van der Waals surface area contributed by atoms with Crippen LogP contribution in [-0.4, -0.2) is 25.6 Å². The molecule has 0 amide bonds. The number of nitrogens with one attached hydrogen (secondary N) is 1. The number of carbonyl (C=O) groups is 1. The molecule has 106 valence electrons. The van der Waals surface area contributed by atoms with Crippen LogP contribution in [0.5, 0.6) is 0 Å². The predicted molar refractivity (Wildman–Crippen MR) is 77.6 cm³/mol. The summed E-state index contributed by atoms with van der Waals surface area (Å²) in [5.74, 6) is -1.02. The van der Waals surface area contributed by atoms with E-state index >= 15 is 0 Å². The highest BCUT2D eigenvalue weighted by Crippen LogP contribution is 2.21. The molecule has 1 aromatic carbocycles. The first-order valence-electron chi connectivity index (χ1n) is 6.45. The van der Waals surface area contributed by atoms with Crippen molar-refractivity contribution in [2.75, 3.05) is 0 Å². The summed E-state index contributed by atoms with van der Waals surface area (Å²) in [6.45, 7) is 1.87. The van der Waals surface area contributed by atoms with Gasteiger partial charge in [-0.2, -0.15) is 0 Å². The molecule has 2 heterocycles. The van der Waals surface area contributed by atoms with Gasteiger partial charge in [0, 0.05) is 12.4 Å². The Balaban J connectivity index is 2.22. The van der Waals surface area contributed by atoms with Crippen LogP contribution in [0.25, 0.3) is 11.0 Å². The zero-order valence-corrected chi connectivity index (χ0v) is 11.3. The number of hydrogen-bond acceptors (Lipinski definition) is 3. The monoisotopic (exact) mass is 283 g/mol. The molecular weight excluding hydrogens is 270 g/mol. The lowest BCUT2D eigenvalue weighted by molar-refractivity contribution is 0.0697. The minimum Gasteiger partial charge on any atom is -0.478 e. The van der Waals surface area contributed by atoms with E-state index in [4.69, 9.17) is 5.11 Å². The lowest BCUT2D eigenvalue weighted by Gasteiger charge is -2.13. The second kappa shape index (κ2) is 4.90. The lowest BCUT2D eigenvalue weighted by atomic mass is 10.1. The SMILES string of the molecule is CC(c1cccnc1)n1c(=O)[nH]c2ccc(C(=O)O)cc21.